The SMILES string of the molecule is CCCCCCCCCCCC1=C(C)C(=O)C(OC)=C(CC)C1=O. The zero-order valence-corrected chi connectivity index (χ0v) is 16.0. The average Bonchev–Trinajstić information content (AvgIpc) is 2.58. The van der Waals surface area contributed by atoms with Crippen LogP contribution in [0.5, 0.6) is 0 Å². The van der Waals surface area contributed by atoms with E-state index in [1.165, 1.54) is 52.1 Å². The Morgan fingerprint density at radius 2 is 1.29 bits per heavy atom. The summed E-state index contributed by atoms with van der Waals surface area (Å²) in [4.78, 5) is 24.9. The van der Waals surface area contributed by atoms with Gasteiger partial charge >= 0.3 is 0 Å². The van der Waals surface area contributed by atoms with E-state index < -0.39 is 0 Å². The van der Waals surface area contributed by atoms with Crippen LogP contribution in [0.3, 0.4) is 0 Å². The van der Waals surface area contributed by atoms with E-state index in [0.29, 0.717) is 29.6 Å². The van der Waals surface area contributed by atoms with Gasteiger partial charge in [0.05, 0.1) is 7.11 Å². The first-order chi connectivity index (χ1) is 11.6. The average molecular weight is 335 g/mol. The number of hydrogen-bond acceptors (Lipinski definition) is 3. The molecule has 0 heterocycles. The van der Waals surface area contributed by atoms with Crippen molar-refractivity contribution in [3.63, 3.8) is 0 Å². The van der Waals surface area contributed by atoms with Crippen LogP contribution in [-0.4, -0.2) is 18.7 Å². The quantitative estimate of drug-likeness (QED) is 0.340. The molecule has 3 nitrogen and oxygen atoms in total. The van der Waals surface area contributed by atoms with E-state index in [9.17, 15) is 9.59 Å². The van der Waals surface area contributed by atoms with Crippen LogP contribution < -0.4 is 0 Å². The van der Waals surface area contributed by atoms with Gasteiger partial charge in [0.15, 0.2) is 11.5 Å². The number of allylic oxidation sites excluding steroid dienone is 3. The molecule has 0 aromatic heterocycles. The second-order valence-corrected chi connectivity index (χ2v) is 6.71. The van der Waals surface area contributed by atoms with Crippen LogP contribution >= 0.6 is 0 Å². The van der Waals surface area contributed by atoms with Crippen molar-refractivity contribution < 1.29 is 14.3 Å². The minimum Gasteiger partial charge on any atom is -0.492 e. The van der Waals surface area contributed by atoms with E-state index in [4.69, 9.17) is 4.74 Å². The zero-order chi connectivity index (χ0) is 17.9. The third-order valence-corrected chi connectivity index (χ3v) is 4.91. The number of methoxy groups -OCH3 is 1. The van der Waals surface area contributed by atoms with Gasteiger partial charge < -0.3 is 4.74 Å². The minimum atomic E-state index is -0.111. The van der Waals surface area contributed by atoms with E-state index in [-0.39, 0.29) is 17.3 Å². The Hall–Kier alpha value is -1.38. The lowest BCUT2D eigenvalue weighted by molar-refractivity contribution is -0.119. The van der Waals surface area contributed by atoms with Gasteiger partial charge in [-0.1, -0.05) is 65.2 Å². The summed E-state index contributed by atoms with van der Waals surface area (Å²) in [6.45, 7) is 5.90. The van der Waals surface area contributed by atoms with Gasteiger partial charge in [0.1, 0.15) is 0 Å². The summed E-state index contributed by atoms with van der Waals surface area (Å²) in [7, 11) is 1.47. The van der Waals surface area contributed by atoms with Crippen molar-refractivity contribution >= 4 is 11.6 Å². The Kier molecular flexibility index (Phi) is 9.66. The van der Waals surface area contributed by atoms with E-state index in [1.54, 1.807) is 6.92 Å². The highest BCUT2D eigenvalue weighted by Crippen LogP contribution is 2.29. The van der Waals surface area contributed by atoms with Gasteiger partial charge in [-0.05, 0) is 26.2 Å². The normalized spacial score (nSPS) is 15.5. The molecule has 3 heteroatoms. The Balaban J connectivity index is 2.41. The van der Waals surface area contributed by atoms with Crippen LogP contribution in [0.4, 0.5) is 0 Å². The lowest BCUT2D eigenvalue weighted by Gasteiger charge is -2.20. The lowest BCUT2D eigenvalue weighted by Crippen LogP contribution is -2.23. The molecular formula is C21H34O3. The number of ketones is 2. The fraction of sp³-hybridized carbons (Fsp3) is 0.714. The van der Waals surface area contributed by atoms with Crippen LogP contribution in [0.25, 0.3) is 0 Å². The van der Waals surface area contributed by atoms with Crippen LogP contribution in [-0.2, 0) is 14.3 Å². The van der Waals surface area contributed by atoms with Crippen molar-refractivity contribution in [2.75, 3.05) is 7.11 Å². The molecule has 0 aliphatic heterocycles. The van der Waals surface area contributed by atoms with Crippen molar-refractivity contribution in [1.29, 1.82) is 0 Å². The molecule has 0 radical (unpaired) electrons. The number of rotatable bonds is 12. The topological polar surface area (TPSA) is 43.4 Å². The lowest BCUT2D eigenvalue weighted by atomic mass is 9.85. The predicted molar refractivity (Wildman–Crippen MR) is 98.9 cm³/mol. The molecule has 0 fully saturated rings. The molecule has 1 aliphatic rings. The van der Waals surface area contributed by atoms with Gasteiger partial charge in [-0.15, -0.1) is 0 Å². The number of hydrogen-bond donors (Lipinski definition) is 0. The molecule has 0 saturated heterocycles. The first kappa shape index (κ1) is 20.7. The van der Waals surface area contributed by atoms with Gasteiger partial charge in [0.25, 0.3) is 0 Å². The summed E-state index contributed by atoms with van der Waals surface area (Å²) in [6.07, 6.45) is 12.5. The summed E-state index contributed by atoms with van der Waals surface area (Å²) < 4.78 is 5.17. The number of unbranched alkanes of at least 4 members (excludes halogenated alkanes) is 8. The van der Waals surface area contributed by atoms with Crippen molar-refractivity contribution in [2.45, 2.75) is 91.4 Å². The number of carbonyl (C=O) groups is 2. The van der Waals surface area contributed by atoms with E-state index in [0.717, 1.165) is 12.8 Å². The maximum atomic E-state index is 12.6. The van der Waals surface area contributed by atoms with E-state index in [1.807, 2.05) is 6.92 Å². The molecule has 0 aromatic rings. The molecular weight excluding hydrogens is 300 g/mol. The molecule has 24 heavy (non-hydrogen) atoms. The van der Waals surface area contributed by atoms with Crippen molar-refractivity contribution in [3.8, 4) is 0 Å². The highest BCUT2D eigenvalue weighted by Gasteiger charge is 2.31. The van der Waals surface area contributed by atoms with Gasteiger partial charge in [-0.2, -0.15) is 0 Å². The summed E-state index contributed by atoms with van der Waals surface area (Å²) in [5.74, 6) is 0.154. The van der Waals surface area contributed by atoms with Gasteiger partial charge in [0.2, 0.25) is 5.78 Å². The number of carbonyl (C=O) groups excluding carboxylic acids is 2. The van der Waals surface area contributed by atoms with Gasteiger partial charge in [-0.3, -0.25) is 9.59 Å². The third kappa shape index (κ3) is 5.61. The Morgan fingerprint density at radius 1 is 0.750 bits per heavy atom. The molecule has 0 saturated carbocycles. The second-order valence-electron chi connectivity index (χ2n) is 6.71. The molecule has 1 rings (SSSR count). The zero-order valence-electron chi connectivity index (χ0n) is 16.0. The van der Waals surface area contributed by atoms with Crippen LogP contribution in [0, 0.1) is 0 Å². The van der Waals surface area contributed by atoms with E-state index in [2.05, 4.69) is 6.92 Å². The Morgan fingerprint density at radius 3 is 1.79 bits per heavy atom. The first-order valence-electron chi connectivity index (χ1n) is 9.64. The monoisotopic (exact) mass is 334 g/mol. The van der Waals surface area contributed by atoms with Crippen molar-refractivity contribution in [2.24, 2.45) is 0 Å². The molecule has 0 N–H and O–H groups in total. The Bertz CT molecular complexity index is 497. The van der Waals surface area contributed by atoms with Crippen LogP contribution in [0.1, 0.15) is 91.4 Å². The fourth-order valence-corrected chi connectivity index (χ4v) is 3.35. The first-order valence-corrected chi connectivity index (χ1v) is 9.64. The largest absolute Gasteiger partial charge is 0.492 e. The van der Waals surface area contributed by atoms with Gasteiger partial charge in [-0.25, -0.2) is 0 Å². The minimum absolute atomic E-state index is 0.0195. The summed E-state index contributed by atoms with van der Waals surface area (Å²) in [5.41, 5.74) is 1.83. The number of ether oxygens (including phenoxy) is 1. The predicted octanol–water partition coefficient (Wildman–Crippen LogP) is 5.69. The van der Waals surface area contributed by atoms with Crippen LogP contribution in [0.15, 0.2) is 22.5 Å². The maximum absolute atomic E-state index is 12.6. The Labute approximate surface area is 147 Å². The molecule has 0 unspecified atom stereocenters. The molecule has 1 aliphatic carbocycles. The second kappa shape index (κ2) is 11.2. The van der Waals surface area contributed by atoms with Crippen LogP contribution in [0.2, 0.25) is 0 Å². The summed E-state index contributed by atoms with van der Waals surface area (Å²) >= 11 is 0. The maximum Gasteiger partial charge on any atom is 0.224 e. The molecule has 0 aromatic carbocycles. The third-order valence-electron chi connectivity index (χ3n) is 4.91. The standard InChI is InChI=1S/C21H34O3/c1-5-7-8-9-10-11-12-13-14-15-18-16(3)19(22)21(24-4)17(6-2)20(18)23/h5-15H2,1-4H3. The van der Waals surface area contributed by atoms with E-state index >= 15 is 0 Å². The molecule has 0 bridgehead atoms. The van der Waals surface area contributed by atoms with Crippen molar-refractivity contribution in [1.82, 2.24) is 0 Å². The smallest absolute Gasteiger partial charge is 0.224 e. The van der Waals surface area contributed by atoms with Crippen molar-refractivity contribution in [3.05, 3.63) is 22.5 Å². The molecule has 0 atom stereocenters. The summed E-state index contributed by atoms with van der Waals surface area (Å²) in [5, 5.41) is 0. The molecule has 0 amide bonds. The molecule has 136 valence electrons. The number of Topliss-reactive ketones (excluding diaryl/α,β-unsaturated/α-hetero) is 2. The summed E-state index contributed by atoms with van der Waals surface area (Å²) in [6, 6.07) is 0. The molecule has 0 spiro atoms. The highest BCUT2D eigenvalue weighted by atomic mass is 16.5. The fourth-order valence-electron chi connectivity index (χ4n) is 3.35. The highest BCUT2D eigenvalue weighted by molar-refractivity contribution is 6.24. The van der Waals surface area contributed by atoms with Gasteiger partial charge in [0, 0.05) is 16.7 Å².